The molecule has 0 radical (unpaired) electrons. The topological polar surface area (TPSA) is 101 Å². The number of hydrogen-bond donors (Lipinski definition) is 3. The van der Waals surface area contributed by atoms with Gasteiger partial charge in [0.25, 0.3) is 0 Å². The van der Waals surface area contributed by atoms with E-state index in [0.29, 0.717) is 0 Å². The first-order valence-corrected chi connectivity index (χ1v) is 11.0. The second-order valence-electron chi connectivity index (χ2n) is 7.98. The number of H-pyrrole nitrogens is 1. The molecular formula is C25H25N5O3. The number of carbonyl (C=O) groups is 1. The van der Waals surface area contributed by atoms with Gasteiger partial charge in [-0.15, -0.1) is 0 Å². The minimum absolute atomic E-state index is 0.134. The fraction of sp³-hybridized carbons (Fsp3) is 0.240. The molecule has 1 saturated carbocycles. The van der Waals surface area contributed by atoms with Gasteiger partial charge in [-0.3, -0.25) is 9.89 Å². The van der Waals surface area contributed by atoms with Crippen LogP contribution in [0, 0.1) is 5.92 Å². The van der Waals surface area contributed by atoms with E-state index in [-0.39, 0.29) is 11.8 Å². The van der Waals surface area contributed by atoms with E-state index in [4.69, 9.17) is 9.47 Å². The summed E-state index contributed by atoms with van der Waals surface area (Å²) >= 11 is 0. The number of fused-ring (bicyclic) bond motifs is 2. The van der Waals surface area contributed by atoms with E-state index < -0.39 is 0 Å². The van der Waals surface area contributed by atoms with Crippen molar-refractivity contribution in [1.29, 1.82) is 0 Å². The summed E-state index contributed by atoms with van der Waals surface area (Å²) in [6, 6.07) is 17.3. The maximum atomic E-state index is 11.4. The standard InChI is InChI=1S/C14H12N4O.C11H13NO2/c1-2-4-11-10(3-1)13(18-17-11)16-14-12-9(5-7-15-14)6-8-19-12;1-14-10-6-4-9(5-7-10)12-11(13)8-2-3-8/h1-5,7H,6,8H2,(H2,15,16,17,18);4-8H,2-3H2,1H3,(H,12,13). The third-order valence-corrected chi connectivity index (χ3v) is 5.62. The van der Waals surface area contributed by atoms with Gasteiger partial charge in [-0.1, -0.05) is 12.1 Å². The van der Waals surface area contributed by atoms with Crippen LogP contribution in [-0.2, 0) is 11.2 Å². The number of anilines is 3. The Bertz CT molecular complexity index is 1260. The van der Waals surface area contributed by atoms with Gasteiger partial charge in [0.15, 0.2) is 17.4 Å². The molecule has 2 aromatic heterocycles. The summed E-state index contributed by atoms with van der Waals surface area (Å²) in [5.41, 5.74) is 3.03. The Balaban J connectivity index is 0.000000146. The lowest BCUT2D eigenvalue weighted by Gasteiger charge is -2.07. The molecule has 0 saturated heterocycles. The van der Waals surface area contributed by atoms with Crippen LogP contribution in [-0.4, -0.2) is 34.8 Å². The molecule has 0 atom stereocenters. The van der Waals surface area contributed by atoms with Crippen LogP contribution in [0.1, 0.15) is 18.4 Å². The maximum absolute atomic E-state index is 11.4. The number of aromatic amines is 1. The second kappa shape index (κ2) is 9.20. The Kier molecular flexibility index (Phi) is 5.80. The quantitative estimate of drug-likeness (QED) is 0.414. The summed E-state index contributed by atoms with van der Waals surface area (Å²) in [4.78, 5) is 15.7. The van der Waals surface area contributed by atoms with Gasteiger partial charge in [-0.25, -0.2) is 4.98 Å². The van der Waals surface area contributed by atoms with Crippen molar-refractivity contribution >= 4 is 34.1 Å². The van der Waals surface area contributed by atoms with Gasteiger partial charge in [0.05, 0.1) is 19.2 Å². The molecule has 168 valence electrons. The van der Waals surface area contributed by atoms with Crippen LogP contribution in [0.3, 0.4) is 0 Å². The Morgan fingerprint density at radius 1 is 1.09 bits per heavy atom. The minimum Gasteiger partial charge on any atom is -0.497 e. The molecule has 2 aliphatic rings. The number of rotatable bonds is 5. The first-order chi connectivity index (χ1) is 16.2. The summed E-state index contributed by atoms with van der Waals surface area (Å²) in [6.07, 6.45) is 4.79. The number of methoxy groups -OCH3 is 1. The van der Waals surface area contributed by atoms with Gasteiger partial charge in [-0.05, 0) is 55.3 Å². The van der Waals surface area contributed by atoms with E-state index >= 15 is 0 Å². The van der Waals surface area contributed by atoms with Gasteiger partial charge in [-0.2, -0.15) is 5.10 Å². The average molecular weight is 444 g/mol. The van der Waals surface area contributed by atoms with Crippen LogP contribution in [0.2, 0.25) is 0 Å². The maximum Gasteiger partial charge on any atom is 0.227 e. The van der Waals surface area contributed by atoms with Crippen LogP contribution in [0.25, 0.3) is 10.9 Å². The number of benzene rings is 2. The Morgan fingerprint density at radius 3 is 2.70 bits per heavy atom. The summed E-state index contributed by atoms with van der Waals surface area (Å²) in [5, 5.41) is 14.4. The largest absolute Gasteiger partial charge is 0.497 e. The molecule has 3 N–H and O–H groups in total. The predicted octanol–water partition coefficient (Wildman–Crippen LogP) is 4.68. The van der Waals surface area contributed by atoms with E-state index in [1.807, 2.05) is 54.6 Å². The summed E-state index contributed by atoms with van der Waals surface area (Å²) < 4.78 is 10.6. The summed E-state index contributed by atoms with van der Waals surface area (Å²) in [5.74, 6) is 3.52. The van der Waals surface area contributed by atoms with Gasteiger partial charge in [0, 0.05) is 35.2 Å². The zero-order valence-electron chi connectivity index (χ0n) is 18.3. The highest BCUT2D eigenvalue weighted by atomic mass is 16.5. The van der Waals surface area contributed by atoms with Crippen molar-refractivity contribution in [3.63, 3.8) is 0 Å². The number of para-hydroxylation sites is 1. The molecule has 1 fully saturated rings. The Labute approximate surface area is 191 Å². The van der Waals surface area contributed by atoms with E-state index in [1.54, 1.807) is 13.3 Å². The fourth-order valence-electron chi connectivity index (χ4n) is 3.63. The second-order valence-corrected chi connectivity index (χ2v) is 7.98. The van der Waals surface area contributed by atoms with Crippen molar-refractivity contribution in [2.24, 2.45) is 5.92 Å². The summed E-state index contributed by atoms with van der Waals surface area (Å²) in [7, 11) is 1.62. The van der Waals surface area contributed by atoms with E-state index in [2.05, 4.69) is 25.8 Å². The van der Waals surface area contributed by atoms with Crippen LogP contribution in [0.4, 0.5) is 17.3 Å². The van der Waals surface area contributed by atoms with Crippen LogP contribution in [0.15, 0.2) is 60.8 Å². The third-order valence-electron chi connectivity index (χ3n) is 5.62. The average Bonchev–Trinajstić information content (AvgIpc) is 3.46. The van der Waals surface area contributed by atoms with Crippen molar-refractivity contribution in [1.82, 2.24) is 15.2 Å². The molecule has 3 heterocycles. The number of pyridine rings is 1. The minimum atomic E-state index is 0.134. The molecule has 8 nitrogen and oxygen atoms in total. The molecule has 2 aromatic carbocycles. The third kappa shape index (κ3) is 4.74. The van der Waals surface area contributed by atoms with E-state index in [9.17, 15) is 4.79 Å². The fourth-order valence-corrected chi connectivity index (χ4v) is 3.63. The molecule has 1 aliphatic heterocycles. The number of aromatic nitrogens is 3. The highest BCUT2D eigenvalue weighted by Crippen LogP contribution is 2.34. The molecule has 4 aromatic rings. The number of carbonyl (C=O) groups excluding carboxylic acids is 1. The number of ether oxygens (including phenoxy) is 2. The van der Waals surface area contributed by atoms with E-state index in [1.165, 1.54) is 5.56 Å². The Morgan fingerprint density at radius 2 is 1.91 bits per heavy atom. The highest BCUT2D eigenvalue weighted by Gasteiger charge is 2.29. The zero-order valence-corrected chi connectivity index (χ0v) is 18.3. The van der Waals surface area contributed by atoms with Crippen molar-refractivity contribution in [2.75, 3.05) is 24.4 Å². The van der Waals surface area contributed by atoms with Gasteiger partial charge in [0.1, 0.15) is 5.75 Å². The number of nitrogens with zero attached hydrogens (tertiary/aromatic N) is 2. The molecule has 0 bridgehead atoms. The monoisotopic (exact) mass is 443 g/mol. The number of nitrogens with one attached hydrogen (secondary N) is 3. The summed E-state index contributed by atoms with van der Waals surface area (Å²) in [6.45, 7) is 0.719. The van der Waals surface area contributed by atoms with Crippen LogP contribution in [0.5, 0.6) is 11.5 Å². The number of hydrogen-bond acceptors (Lipinski definition) is 6. The van der Waals surface area contributed by atoms with Crippen LogP contribution >= 0.6 is 0 Å². The predicted molar refractivity (Wildman–Crippen MR) is 127 cm³/mol. The lowest BCUT2D eigenvalue weighted by molar-refractivity contribution is -0.117. The highest BCUT2D eigenvalue weighted by molar-refractivity contribution is 5.94. The SMILES string of the molecule is COc1ccc(NC(=O)C2CC2)cc1.c1ccc2c(Nc3nccc4c3OCC4)n[nH]c2c1. The molecule has 33 heavy (non-hydrogen) atoms. The van der Waals surface area contributed by atoms with Gasteiger partial charge < -0.3 is 20.1 Å². The van der Waals surface area contributed by atoms with Crippen molar-refractivity contribution < 1.29 is 14.3 Å². The first-order valence-electron chi connectivity index (χ1n) is 11.0. The molecule has 0 unspecified atom stereocenters. The molecular weight excluding hydrogens is 418 g/mol. The number of amides is 1. The van der Waals surface area contributed by atoms with Crippen molar-refractivity contribution in [2.45, 2.75) is 19.3 Å². The van der Waals surface area contributed by atoms with Gasteiger partial charge in [0.2, 0.25) is 5.91 Å². The lowest BCUT2D eigenvalue weighted by atomic mass is 10.2. The first kappa shape index (κ1) is 20.8. The normalized spacial score (nSPS) is 14.0. The van der Waals surface area contributed by atoms with Crippen molar-refractivity contribution in [3.05, 3.63) is 66.4 Å². The molecule has 1 amide bonds. The van der Waals surface area contributed by atoms with Crippen LogP contribution < -0.4 is 20.1 Å². The lowest BCUT2D eigenvalue weighted by Crippen LogP contribution is -2.12. The van der Waals surface area contributed by atoms with Crippen molar-refractivity contribution in [3.8, 4) is 11.5 Å². The molecule has 6 rings (SSSR count). The van der Waals surface area contributed by atoms with E-state index in [0.717, 1.165) is 65.6 Å². The van der Waals surface area contributed by atoms with Gasteiger partial charge >= 0.3 is 0 Å². The molecule has 1 aliphatic carbocycles. The zero-order chi connectivity index (χ0) is 22.6. The molecule has 0 spiro atoms. The molecule has 8 heteroatoms. The Hall–Kier alpha value is -4.07. The smallest absolute Gasteiger partial charge is 0.227 e.